The summed E-state index contributed by atoms with van der Waals surface area (Å²) in [5.41, 5.74) is 6.74. The Morgan fingerprint density at radius 3 is 3.05 bits per heavy atom. The van der Waals surface area contributed by atoms with E-state index in [0.717, 1.165) is 19.5 Å². The van der Waals surface area contributed by atoms with Gasteiger partial charge in [0.15, 0.2) is 0 Å². The van der Waals surface area contributed by atoms with Crippen molar-refractivity contribution in [3.8, 4) is 0 Å². The highest BCUT2D eigenvalue weighted by molar-refractivity contribution is 6.29. The molecule has 0 spiro atoms. The summed E-state index contributed by atoms with van der Waals surface area (Å²) in [6.07, 6.45) is 4.90. The lowest BCUT2D eigenvalue weighted by Gasteiger charge is -2.46. The first kappa shape index (κ1) is 14.6. The molecule has 2 fully saturated rings. The molecular formula is C15H21ClN4O. The van der Waals surface area contributed by atoms with Gasteiger partial charge in [0.25, 0.3) is 5.91 Å². The van der Waals surface area contributed by atoms with Gasteiger partial charge in [-0.05, 0) is 44.8 Å². The summed E-state index contributed by atoms with van der Waals surface area (Å²) >= 11 is 5.89. The summed E-state index contributed by atoms with van der Waals surface area (Å²) in [4.78, 5) is 20.9. The number of anilines is 1. The molecule has 2 atom stereocenters. The first-order valence-corrected chi connectivity index (χ1v) is 7.84. The first-order chi connectivity index (χ1) is 10.1. The van der Waals surface area contributed by atoms with Gasteiger partial charge in [-0.3, -0.25) is 4.79 Å². The van der Waals surface area contributed by atoms with Crippen molar-refractivity contribution in [3.63, 3.8) is 0 Å². The van der Waals surface area contributed by atoms with Crippen LogP contribution in [0.15, 0.2) is 12.3 Å². The monoisotopic (exact) mass is 308 g/mol. The van der Waals surface area contributed by atoms with Gasteiger partial charge >= 0.3 is 0 Å². The molecule has 1 aromatic heterocycles. The van der Waals surface area contributed by atoms with Crippen molar-refractivity contribution in [1.82, 2.24) is 14.8 Å². The van der Waals surface area contributed by atoms with Crippen LogP contribution < -0.4 is 5.73 Å². The Morgan fingerprint density at radius 1 is 1.43 bits per heavy atom. The van der Waals surface area contributed by atoms with Crippen molar-refractivity contribution in [2.75, 3.05) is 32.4 Å². The maximum Gasteiger partial charge on any atom is 0.256 e. The van der Waals surface area contributed by atoms with E-state index in [2.05, 4.69) is 16.9 Å². The molecular weight excluding hydrogens is 288 g/mol. The fraction of sp³-hybridized carbons (Fsp3) is 0.600. The molecule has 1 aromatic rings. The van der Waals surface area contributed by atoms with Gasteiger partial charge in [0.1, 0.15) is 5.15 Å². The van der Waals surface area contributed by atoms with E-state index in [1.807, 2.05) is 4.90 Å². The summed E-state index contributed by atoms with van der Waals surface area (Å²) < 4.78 is 0. The van der Waals surface area contributed by atoms with Crippen LogP contribution in [0.2, 0.25) is 5.15 Å². The second-order valence-electron chi connectivity index (χ2n) is 6.08. The van der Waals surface area contributed by atoms with E-state index in [1.54, 1.807) is 6.07 Å². The molecule has 1 amide bonds. The van der Waals surface area contributed by atoms with Crippen molar-refractivity contribution in [2.45, 2.75) is 25.3 Å². The van der Waals surface area contributed by atoms with Crippen LogP contribution in [0.4, 0.5) is 5.69 Å². The highest BCUT2D eigenvalue weighted by Crippen LogP contribution is 2.30. The fourth-order valence-corrected chi connectivity index (χ4v) is 3.79. The summed E-state index contributed by atoms with van der Waals surface area (Å²) in [6.45, 7) is 2.76. The lowest BCUT2D eigenvalue weighted by atomic mass is 9.84. The lowest BCUT2D eigenvalue weighted by Crippen LogP contribution is -2.53. The van der Waals surface area contributed by atoms with Gasteiger partial charge in [0.2, 0.25) is 0 Å². The molecule has 3 heterocycles. The molecule has 5 nitrogen and oxygen atoms in total. The zero-order valence-corrected chi connectivity index (χ0v) is 13.0. The van der Waals surface area contributed by atoms with E-state index in [-0.39, 0.29) is 5.91 Å². The Morgan fingerprint density at radius 2 is 2.24 bits per heavy atom. The average molecular weight is 309 g/mol. The number of halogens is 1. The van der Waals surface area contributed by atoms with Gasteiger partial charge in [-0.15, -0.1) is 0 Å². The molecule has 0 radical (unpaired) electrons. The minimum Gasteiger partial charge on any atom is -0.397 e. The molecule has 0 saturated carbocycles. The number of hydrogen-bond acceptors (Lipinski definition) is 4. The summed E-state index contributed by atoms with van der Waals surface area (Å²) in [6, 6.07) is 2.18. The third-order valence-corrected chi connectivity index (χ3v) is 4.97. The minimum absolute atomic E-state index is 0.0246. The molecule has 0 aromatic carbocycles. The van der Waals surface area contributed by atoms with Crippen molar-refractivity contribution in [2.24, 2.45) is 5.92 Å². The topological polar surface area (TPSA) is 62.5 Å². The summed E-state index contributed by atoms with van der Waals surface area (Å²) in [7, 11) is 2.19. The normalized spacial score (nSPS) is 26.5. The zero-order chi connectivity index (χ0) is 15.0. The number of nitrogens with two attached hydrogens (primary N) is 1. The molecule has 2 saturated heterocycles. The second-order valence-corrected chi connectivity index (χ2v) is 6.47. The van der Waals surface area contributed by atoms with E-state index in [0.29, 0.717) is 28.4 Å². The number of aromatic nitrogens is 1. The lowest BCUT2D eigenvalue weighted by molar-refractivity contribution is 0.0317. The van der Waals surface area contributed by atoms with Crippen molar-refractivity contribution in [3.05, 3.63) is 23.0 Å². The van der Waals surface area contributed by atoms with Crippen LogP contribution in [0.1, 0.15) is 29.6 Å². The van der Waals surface area contributed by atoms with Crippen molar-refractivity contribution in [1.29, 1.82) is 0 Å². The SMILES string of the molecule is CN1CCCC2CN(C(=O)c3cc(Cl)ncc3N)CCC21. The number of nitrogen functional groups attached to an aromatic ring is 1. The number of fused-ring (bicyclic) bond motifs is 1. The predicted molar refractivity (Wildman–Crippen MR) is 83.3 cm³/mol. The molecule has 2 N–H and O–H groups in total. The third kappa shape index (κ3) is 2.85. The molecule has 2 aliphatic rings. The Kier molecular flexibility index (Phi) is 4.04. The number of hydrogen-bond donors (Lipinski definition) is 1. The number of amides is 1. The van der Waals surface area contributed by atoms with Gasteiger partial charge in [0.05, 0.1) is 17.4 Å². The maximum atomic E-state index is 12.7. The minimum atomic E-state index is -0.0246. The van der Waals surface area contributed by atoms with E-state index >= 15 is 0 Å². The average Bonchev–Trinajstić information content (AvgIpc) is 2.49. The van der Waals surface area contributed by atoms with Crippen LogP contribution in [0.25, 0.3) is 0 Å². The van der Waals surface area contributed by atoms with E-state index in [1.165, 1.54) is 25.6 Å². The Bertz CT molecular complexity index is 550. The molecule has 0 aliphatic carbocycles. The molecule has 2 unspecified atom stereocenters. The van der Waals surface area contributed by atoms with Crippen LogP contribution in [-0.2, 0) is 0 Å². The van der Waals surface area contributed by atoms with E-state index < -0.39 is 0 Å². The van der Waals surface area contributed by atoms with Crippen LogP contribution in [0.5, 0.6) is 0 Å². The third-order valence-electron chi connectivity index (χ3n) is 4.76. The Balaban J connectivity index is 1.76. The van der Waals surface area contributed by atoms with E-state index in [4.69, 9.17) is 17.3 Å². The number of carbonyl (C=O) groups is 1. The quantitative estimate of drug-likeness (QED) is 0.805. The largest absolute Gasteiger partial charge is 0.397 e. The summed E-state index contributed by atoms with van der Waals surface area (Å²) in [5.74, 6) is 0.545. The molecule has 21 heavy (non-hydrogen) atoms. The number of nitrogens with zero attached hydrogens (tertiary/aromatic N) is 3. The van der Waals surface area contributed by atoms with Gasteiger partial charge in [-0.25, -0.2) is 4.98 Å². The maximum absolute atomic E-state index is 12.7. The highest BCUT2D eigenvalue weighted by Gasteiger charge is 2.36. The Labute approximate surface area is 130 Å². The van der Waals surface area contributed by atoms with Crippen LogP contribution in [0.3, 0.4) is 0 Å². The van der Waals surface area contributed by atoms with Gasteiger partial charge in [-0.2, -0.15) is 0 Å². The van der Waals surface area contributed by atoms with Gasteiger partial charge < -0.3 is 15.5 Å². The van der Waals surface area contributed by atoms with E-state index in [9.17, 15) is 4.79 Å². The highest BCUT2D eigenvalue weighted by atomic mass is 35.5. The predicted octanol–water partition coefficient (Wildman–Crippen LogP) is 1.87. The standard InChI is InChI=1S/C15H21ClN4O/c1-19-5-2-3-10-9-20(6-4-13(10)19)15(21)11-7-14(16)18-8-12(11)17/h7-8,10,13H,2-6,9,17H2,1H3. The van der Waals surface area contributed by atoms with Crippen LogP contribution in [0, 0.1) is 5.92 Å². The number of piperidine rings is 2. The number of pyridine rings is 1. The van der Waals surface area contributed by atoms with Crippen LogP contribution >= 0.6 is 11.6 Å². The molecule has 3 rings (SSSR count). The number of likely N-dealkylation sites (tertiary alicyclic amines) is 2. The van der Waals surface area contributed by atoms with Crippen molar-refractivity contribution < 1.29 is 4.79 Å². The molecule has 2 aliphatic heterocycles. The number of rotatable bonds is 1. The molecule has 114 valence electrons. The molecule has 0 bridgehead atoms. The Hall–Kier alpha value is -1.33. The van der Waals surface area contributed by atoms with Crippen LogP contribution in [-0.4, -0.2) is 53.4 Å². The van der Waals surface area contributed by atoms with Gasteiger partial charge in [0, 0.05) is 19.1 Å². The first-order valence-electron chi connectivity index (χ1n) is 7.47. The smallest absolute Gasteiger partial charge is 0.256 e. The van der Waals surface area contributed by atoms with Crippen molar-refractivity contribution >= 4 is 23.2 Å². The summed E-state index contributed by atoms with van der Waals surface area (Å²) in [5, 5.41) is 0.305. The second kappa shape index (κ2) is 5.81. The molecule has 6 heteroatoms. The zero-order valence-electron chi connectivity index (χ0n) is 12.3. The number of carbonyl (C=O) groups excluding carboxylic acids is 1. The van der Waals surface area contributed by atoms with Gasteiger partial charge in [-0.1, -0.05) is 11.6 Å². The fourth-order valence-electron chi connectivity index (χ4n) is 3.63.